The van der Waals surface area contributed by atoms with Gasteiger partial charge in [0.25, 0.3) is 0 Å². The monoisotopic (exact) mass is 293 g/mol. The maximum atomic E-state index is 13.2. The molecule has 0 radical (unpaired) electrons. The highest BCUT2D eigenvalue weighted by Gasteiger charge is 2.04. The fraction of sp³-hybridized carbons (Fsp3) is 0.294. The van der Waals surface area contributed by atoms with Crippen molar-refractivity contribution in [1.29, 1.82) is 0 Å². The average molecular weight is 294 g/mol. The van der Waals surface area contributed by atoms with Crippen molar-refractivity contribution in [3.63, 3.8) is 0 Å². The zero-order valence-corrected chi connectivity index (χ0v) is 13.0. The van der Waals surface area contributed by atoms with Gasteiger partial charge in [0.15, 0.2) is 0 Å². The second kappa shape index (κ2) is 8.03. The minimum atomic E-state index is -0.311. The van der Waals surface area contributed by atoms with E-state index in [1.807, 2.05) is 32.2 Å². The summed E-state index contributed by atoms with van der Waals surface area (Å²) in [6.45, 7) is 8.69. The van der Waals surface area contributed by atoms with Gasteiger partial charge in [0.05, 0.1) is 5.02 Å². The number of allylic oxidation sites excluding steroid dienone is 3. The van der Waals surface area contributed by atoms with Crippen LogP contribution in [0.25, 0.3) is 6.08 Å². The largest absolute Gasteiger partial charge is 0.319 e. The van der Waals surface area contributed by atoms with Gasteiger partial charge < -0.3 is 5.32 Å². The Hall–Kier alpha value is -1.38. The normalized spacial score (nSPS) is 12.7. The van der Waals surface area contributed by atoms with Crippen LogP contribution in [0.3, 0.4) is 0 Å². The molecule has 0 atom stereocenters. The molecule has 0 fully saturated rings. The van der Waals surface area contributed by atoms with Crippen molar-refractivity contribution in [2.45, 2.75) is 20.3 Å². The van der Waals surface area contributed by atoms with Gasteiger partial charge in [-0.25, -0.2) is 4.39 Å². The van der Waals surface area contributed by atoms with E-state index in [-0.39, 0.29) is 5.82 Å². The molecule has 0 saturated heterocycles. The standard InChI is InChI=1S/C17H21ClFN/c1-5-14(12(2)8-9-20-4)6-7-16-13(3)10-15(19)11-17(16)18/h5-7,10-11,20H,1,8-9H2,2-4H3/b7-6+,14-12+. The number of halogens is 2. The minimum absolute atomic E-state index is 0.311. The van der Waals surface area contributed by atoms with Gasteiger partial charge in [-0.15, -0.1) is 0 Å². The predicted molar refractivity (Wildman–Crippen MR) is 86.6 cm³/mol. The first-order valence-corrected chi connectivity index (χ1v) is 6.98. The number of hydrogen-bond acceptors (Lipinski definition) is 1. The molecule has 0 aliphatic carbocycles. The average Bonchev–Trinajstić information content (AvgIpc) is 2.39. The third-order valence-corrected chi connectivity index (χ3v) is 3.51. The molecule has 0 aliphatic heterocycles. The lowest BCUT2D eigenvalue weighted by Gasteiger charge is -2.06. The van der Waals surface area contributed by atoms with Crippen LogP contribution in [-0.2, 0) is 0 Å². The Balaban J connectivity index is 3.04. The van der Waals surface area contributed by atoms with E-state index < -0.39 is 0 Å². The molecule has 1 aromatic carbocycles. The first-order chi connectivity index (χ1) is 9.49. The molecule has 0 unspecified atom stereocenters. The predicted octanol–water partition coefficient (Wildman–Crippen LogP) is 4.91. The van der Waals surface area contributed by atoms with E-state index >= 15 is 0 Å². The lowest BCUT2D eigenvalue weighted by molar-refractivity contribution is 0.626. The van der Waals surface area contributed by atoms with Gasteiger partial charge in [-0.05, 0) is 62.7 Å². The molecule has 0 spiro atoms. The van der Waals surface area contributed by atoms with Crippen molar-refractivity contribution in [2.75, 3.05) is 13.6 Å². The zero-order chi connectivity index (χ0) is 15.1. The molecule has 0 aliphatic rings. The van der Waals surface area contributed by atoms with E-state index in [9.17, 15) is 4.39 Å². The van der Waals surface area contributed by atoms with Crippen LogP contribution in [0.2, 0.25) is 5.02 Å². The van der Waals surface area contributed by atoms with Crippen molar-refractivity contribution in [1.82, 2.24) is 5.32 Å². The molecule has 1 nitrogen and oxygen atoms in total. The molecule has 0 aromatic heterocycles. The number of benzene rings is 1. The van der Waals surface area contributed by atoms with Crippen molar-refractivity contribution in [2.24, 2.45) is 0 Å². The lowest BCUT2D eigenvalue weighted by atomic mass is 10.0. The van der Waals surface area contributed by atoms with E-state index in [2.05, 4.69) is 18.8 Å². The van der Waals surface area contributed by atoms with Crippen LogP contribution >= 0.6 is 11.6 Å². The Morgan fingerprint density at radius 3 is 2.70 bits per heavy atom. The van der Waals surface area contributed by atoms with Gasteiger partial charge in [-0.2, -0.15) is 0 Å². The Morgan fingerprint density at radius 1 is 1.45 bits per heavy atom. The van der Waals surface area contributed by atoms with E-state index in [4.69, 9.17) is 11.6 Å². The molecular formula is C17H21ClFN. The Morgan fingerprint density at radius 2 is 2.15 bits per heavy atom. The fourth-order valence-corrected chi connectivity index (χ4v) is 2.26. The van der Waals surface area contributed by atoms with E-state index in [0.29, 0.717) is 5.02 Å². The van der Waals surface area contributed by atoms with Crippen LogP contribution in [0.15, 0.2) is 42.0 Å². The van der Waals surface area contributed by atoms with Crippen LogP contribution in [-0.4, -0.2) is 13.6 Å². The van der Waals surface area contributed by atoms with E-state index in [0.717, 1.165) is 29.7 Å². The maximum absolute atomic E-state index is 13.2. The molecule has 0 saturated carbocycles. The quantitative estimate of drug-likeness (QED) is 0.735. The molecule has 0 heterocycles. The smallest absolute Gasteiger partial charge is 0.124 e. The first kappa shape index (κ1) is 16.7. The van der Waals surface area contributed by atoms with Crippen molar-refractivity contribution < 1.29 is 4.39 Å². The molecule has 3 heteroatoms. The Labute approximate surface area is 125 Å². The number of hydrogen-bond donors (Lipinski definition) is 1. The Bertz CT molecular complexity index is 521. The van der Waals surface area contributed by atoms with E-state index in [1.54, 1.807) is 0 Å². The van der Waals surface area contributed by atoms with Gasteiger partial charge in [0, 0.05) is 0 Å². The van der Waals surface area contributed by atoms with Crippen LogP contribution in [0.4, 0.5) is 4.39 Å². The number of rotatable bonds is 6. The summed E-state index contributed by atoms with van der Waals surface area (Å²) in [5.74, 6) is -0.311. The van der Waals surface area contributed by atoms with E-state index in [1.165, 1.54) is 17.7 Å². The highest BCUT2D eigenvalue weighted by Crippen LogP contribution is 2.24. The van der Waals surface area contributed by atoms with Gasteiger partial charge in [-0.3, -0.25) is 0 Å². The minimum Gasteiger partial charge on any atom is -0.319 e. The second-order valence-corrected chi connectivity index (χ2v) is 5.15. The summed E-state index contributed by atoms with van der Waals surface area (Å²) >= 11 is 6.08. The molecule has 108 valence electrons. The highest BCUT2D eigenvalue weighted by atomic mass is 35.5. The summed E-state index contributed by atoms with van der Waals surface area (Å²) in [5, 5.41) is 3.55. The van der Waals surface area contributed by atoms with Crippen molar-refractivity contribution in [3.05, 3.63) is 64.0 Å². The number of aryl methyl sites for hydroxylation is 1. The molecular weight excluding hydrogens is 273 g/mol. The van der Waals surface area contributed by atoms with Gasteiger partial charge in [0.2, 0.25) is 0 Å². The van der Waals surface area contributed by atoms with Crippen LogP contribution in [0, 0.1) is 12.7 Å². The second-order valence-electron chi connectivity index (χ2n) is 4.74. The summed E-state index contributed by atoms with van der Waals surface area (Å²) in [6, 6.07) is 2.82. The van der Waals surface area contributed by atoms with Crippen LogP contribution < -0.4 is 5.32 Å². The topological polar surface area (TPSA) is 12.0 Å². The van der Waals surface area contributed by atoms with Gasteiger partial charge in [-0.1, -0.05) is 42.0 Å². The lowest BCUT2D eigenvalue weighted by Crippen LogP contribution is -2.08. The summed E-state index contributed by atoms with van der Waals surface area (Å²) < 4.78 is 13.2. The maximum Gasteiger partial charge on any atom is 0.124 e. The molecule has 20 heavy (non-hydrogen) atoms. The molecule has 1 N–H and O–H groups in total. The molecule has 0 bridgehead atoms. The van der Waals surface area contributed by atoms with Gasteiger partial charge in [0.1, 0.15) is 5.82 Å². The van der Waals surface area contributed by atoms with Crippen LogP contribution in [0.5, 0.6) is 0 Å². The Kier molecular flexibility index (Phi) is 6.69. The summed E-state index contributed by atoms with van der Waals surface area (Å²) in [7, 11) is 1.93. The zero-order valence-electron chi connectivity index (χ0n) is 12.3. The fourth-order valence-electron chi connectivity index (χ4n) is 1.94. The number of nitrogens with one attached hydrogen (secondary N) is 1. The molecule has 1 rings (SSSR count). The van der Waals surface area contributed by atoms with Crippen molar-refractivity contribution in [3.8, 4) is 0 Å². The third kappa shape index (κ3) is 4.62. The SMILES string of the molecule is C=CC(/C=C/c1c(C)cc(F)cc1Cl)=C(/C)CCNC. The summed E-state index contributed by atoms with van der Waals surface area (Å²) in [4.78, 5) is 0. The molecule has 1 aromatic rings. The highest BCUT2D eigenvalue weighted by molar-refractivity contribution is 6.32. The molecule has 0 amide bonds. The summed E-state index contributed by atoms with van der Waals surface area (Å²) in [6.07, 6.45) is 6.67. The third-order valence-electron chi connectivity index (χ3n) is 3.19. The first-order valence-electron chi connectivity index (χ1n) is 6.60. The van der Waals surface area contributed by atoms with Crippen LogP contribution in [0.1, 0.15) is 24.5 Å². The van der Waals surface area contributed by atoms with Crippen molar-refractivity contribution >= 4 is 17.7 Å². The summed E-state index contributed by atoms with van der Waals surface area (Å²) in [5.41, 5.74) is 3.98. The van der Waals surface area contributed by atoms with Gasteiger partial charge >= 0.3 is 0 Å².